The van der Waals surface area contributed by atoms with Crippen molar-refractivity contribution >= 4 is 22.5 Å². The topological polar surface area (TPSA) is 51.2 Å². The summed E-state index contributed by atoms with van der Waals surface area (Å²) in [7, 11) is 0. The van der Waals surface area contributed by atoms with Crippen LogP contribution in [0.2, 0.25) is 0 Å². The molecule has 0 radical (unpaired) electrons. The molecule has 4 nitrogen and oxygen atoms in total. The summed E-state index contributed by atoms with van der Waals surface area (Å²) in [5.41, 5.74) is 3.15. The zero-order chi connectivity index (χ0) is 20.5. The van der Waals surface area contributed by atoms with Gasteiger partial charge in [-0.15, -0.1) is 12.3 Å². The monoisotopic (exact) mass is 386 g/mol. The number of rotatable bonds is 9. The van der Waals surface area contributed by atoms with Crippen molar-refractivity contribution in [2.24, 2.45) is 0 Å². The lowest BCUT2D eigenvalue weighted by Gasteiger charge is -2.10. The second-order valence-electron chi connectivity index (χ2n) is 7.06. The minimum absolute atomic E-state index is 0.155. The van der Waals surface area contributed by atoms with Crippen LogP contribution < -0.4 is 10.1 Å². The van der Waals surface area contributed by atoms with Crippen LogP contribution in [0.25, 0.3) is 10.9 Å². The third kappa shape index (κ3) is 6.08. The van der Waals surface area contributed by atoms with Crippen LogP contribution in [-0.4, -0.2) is 17.5 Å². The van der Waals surface area contributed by atoms with Crippen LogP contribution in [0, 0.1) is 19.3 Å². The standard InChI is InChI=1S/C25H26N2O2/c1-3-4-5-6-7-8-16-29-23-11-9-10-22(18-23)27-25(28)21-14-15-24-20(17-21)13-12-19(2)26-24/h1,9-15,17-18H,4-8,16H2,2H3,(H,27,28). The number of anilines is 1. The van der Waals surface area contributed by atoms with E-state index in [2.05, 4.69) is 16.2 Å². The predicted molar refractivity (Wildman–Crippen MR) is 118 cm³/mol. The fourth-order valence-electron chi connectivity index (χ4n) is 3.11. The van der Waals surface area contributed by atoms with Crippen LogP contribution >= 0.6 is 0 Å². The number of pyridine rings is 1. The number of aromatic nitrogens is 1. The van der Waals surface area contributed by atoms with Crippen LogP contribution in [-0.2, 0) is 0 Å². The lowest BCUT2D eigenvalue weighted by atomic mass is 10.1. The zero-order valence-electron chi connectivity index (χ0n) is 16.8. The Balaban J connectivity index is 1.55. The molecule has 0 fully saturated rings. The first-order valence-corrected chi connectivity index (χ1v) is 10.0. The lowest BCUT2D eigenvalue weighted by Crippen LogP contribution is -2.12. The van der Waals surface area contributed by atoms with Gasteiger partial charge in [0.1, 0.15) is 5.75 Å². The van der Waals surface area contributed by atoms with Crippen molar-refractivity contribution in [3.63, 3.8) is 0 Å². The quantitative estimate of drug-likeness (QED) is 0.376. The van der Waals surface area contributed by atoms with E-state index in [-0.39, 0.29) is 5.91 Å². The molecule has 0 aliphatic carbocycles. The molecule has 1 amide bonds. The van der Waals surface area contributed by atoms with E-state index in [1.165, 1.54) is 0 Å². The van der Waals surface area contributed by atoms with E-state index in [1.54, 1.807) is 6.07 Å². The van der Waals surface area contributed by atoms with Crippen molar-refractivity contribution in [1.29, 1.82) is 0 Å². The van der Waals surface area contributed by atoms with Gasteiger partial charge in [-0.1, -0.05) is 25.0 Å². The molecule has 0 atom stereocenters. The van der Waals surface area contributed by atoms with Crippen LogP contribution in [0.15, 0.2) is 54.6 Å². The Morgan fingerprint density at radius 2 is 1.93 bits per heavy atom. The molecule has 148 valence electrons. The number of carbonyl (C=O) groups is 1. The number of benzene rings is 2. The molecule has 3 aromatic rings. The van der Waals surface area contributed by atoms with Crippen molar-refractivity contribution < 1.29 is 9.53 Å². The van der Waals surface area contributed by atoms with Crippen LogP contribution in [0.4, 0.5) is 5.69 Å². The fourth-order valence-corrected chi connectivity index (χ4v) is 3.11. The molecule has 1 aromatic heterocycles. The molecular weight excluding hydrogens is 360 g/mol. The van der Waals surface area contributed by atoms with Gasteiger partial charge in [0.2, 0.25) is 0 Å². The Bertz CT molecular complexity index is 1020. The van der Waals surface area contributed by atoms with Gasteiger partial charge in [-0.25, -0.2) is 0 Å². The largest absolute Gasteiger partial charge is 0.494 e. The molecule has 3 rings (SSSR count). The Morgan fingerprint density at radius 1 is 1.07 bits per heavy atom. The van der Waals surface area contributed by atoms with Gasteiger partial charge in [0.15, 0.2) is 0 Å². The summed E-state index contributed by atoms with van der Waals surface area (Å²) in [6, 6.07) is 16.9. The minimum atomic E-state index is -0.155. The molecule has 0 unspecified atom stereocenters. The molecule has 0 bridgehead atoms. The number of aryl methyl sites for hydroxylation is 1. The van der Waals surface area contributed by atoms with Gasteiger partial charge in [0, 0.05) is 34.8 Å². The van der Waals surface area contributed by atoms with E-state index in [4.69, 9.17) is 11.2 Å². The summed E-state index contributed by atoms with van der Waals surface area (Å²) in [5.74, 6) is 3.26. The number of hydrogen-bond acceptors (Lipinski definition) is 3. The second-order valence-corrected chi connectivity index (χ2v) is 7.06. The highest BCUT2D eigenvalue weighted by molar-refractivity contribution is 6.06. The van der Waals surface area contributed by atoms with Crippen molar-refractivity contribution in [1.82, 2.24) is 4.98 Å². The second kappa shape index (κ2) is 10.3. The number of nitrogens with one attached hydrogen (secondary N) is 1. The third-order valence-electron chi connectivity index (χ3n) is 4.67. The van der Waals surface area contributed by atoms with E-state index in [0.29, 0.717) is 17.9 Å². The van der Waals surface area contributed by atoms with Gasteiger partial charge in [-0.2, -0.15) is 0 Å². The first-order valence-electron chi connectivity index (χ1n) is 10.0. The van der Waals surface area contributed by atoms with Gasteiger partial charge < -0.3 is 10.1 Å². The van der Waals surface area contributed by atoms with Crippen molar-refractivity contribution in [2.45, 2.75) is 39.0 Å². The summed E-state index contributed by atoms with van der Waals surface area (Å²) in [6.45, 7) is 2.61. The molecule has 2 aromatic carbocycles. The van der Waals surface area contributed by atoms with E-state index in [9.17, 15) is 4.79 Å². The van der Waals surface area contributed by atoms with E-state index in [1.807, 2.05) is 55.5 Å². The Morgan fingerprint density at radius 3 is 2.79 bits per heavy atom. The highest BCUT2D eigenvalue weighted by Gasteiger charge is 2.08. The van der Waals surface area contributed by atoms with Gasteiger partial charge in [0.25, 0.3) is 5.91 Å². The summed E-state index contributed by atoms with van der Waals surface area (Å²) in [6.07, 6.45) is 10.4. The van der Waals surface area contributed by atoms with Crippen LogP contribution in [0.1, 0.15) is 48.2 Å². The molecule has 0 spiro atoms. The zero-order valence-corrected chi connectivity index (χ0v) is 16.8. The highest BCUT2D eigenvalue weighted by Crippen LogP contribution is 2.20. The molecule has 4 heteroatoms. The highest BCUT2D eigenvalue weighted by atomic mass is 16.5. The van der Waals surface area contributed by atoms with Crippen molar-refractivity contribution in [3.8, 4) is 18.1 Å². The van der Waals surface area contributed by atoms with Crippen molar-refractivity contribution in [3.05, 3.63) is 65.9 Å². The normalized spacial score (nSPS) is 10.5. The average molecular weight is 386 g/mol. The molecule has 0 saturated carbocycles. The van der Waals surface area contributed by atoms with Gasteiger partial charge >= 0.3 is 0 Å². The number of terminal acetylenes is 1. The maximum Gasteiger partial charge on any atom is 0.255 e. The summed E-state index contributed by atoms with van der Waals surface area (Å²) >= 11 is 0. The number of unbranched alkanes of at least 4 members (excludes halogenated alkanes) is 4. The number of nitrogens with zero attached hydrogens (tertiary/aromatic N) is 1. The summed E-state index contributed by atoms with van der Waals surface area (Å²) in [4.78, 5) is 17.1. The number of hydrogen-bond donors (Lipinski definition) is 1. The van der Waals surface area contributed by atoms with Gasteiger partial charge in [0.05, 0.1) is 12.1 Å². The van der Waals surface area contributed by atoms with Crippen molar-refractivity contribution in [2.75, 3.05) is 11.9 Å². The molecule has 0 aliphatic rings. The first-order chi connectivity index (χ1) is 14.2. The van der Waals surface area contributed by atoms with Gasteiger partial charge in [-0.3, -0.25) is 9.78 Å². The van der Waals surface area contributed by atoms with Crippen LogP contribution in [0.5, 0.6) is 5.75 Å². The first kappa shape index (κ1) is 20.4. The number of ether oxygens (including phenoxy) is 1. The van der Waals surface area contributed by atoms with E-state index < -0.39 is 0 Å². The maximum absolute atomic E-state index is 12.6. The molecular formula is C25H26N2O2. The molecule has 1 N–H and O–H groups in total. The Hall–Kier alpha value is -3.32. The summed E-state index contributed by atoms with van der Waals surface area (Å²) < 4.78 is 5.81. The van der Waals surface area contributed by atoms with E-state index in [0.717, 1.165) is 54.5 Å². The Kier molecular flexibility index (Phi) is 7.24. The number of fused-ring (bicyclic) bond motifs is 1. The smallest absolute Gasteiger partial charge is 0.255 e. The summed E-state index contributed by atoms with van der Waals surface area (Å²) in [5, 5.41) is 3.89. The fraction of sp³-hybridized carbons (Fsp3) is 0.280. The molecule has 1 heterocycles. The van der Waals surface area contributed by atoms with Gasteiger partial charge in [-0.05, 0) is 56.2 Å². The number of amides is 1. The lowest BCUT2D eigenvalue weighted by molar-refractivity contribution is 0.102. The SMILES string of the molecule is C#CCCCCCCOc1cccc(NC(=O)c2ccc3nc(C)ccc3c2)c1. The molecule has 0 saturated heterocycles. The number of carbonyl (C=O) groups excluding carboxylic acids is 1. The maximum atomic E-state index is 12.6. The predicted octanol–water partition coefficient (Wildman–Crippen LogP) is 5.76. The molecule has 0 aliphatic heterocycles. The minimum Gasteiger partial charge on any atom is -0.494 e. The molecule has 29 heavy (non-hydrogen) atoms. The average Bonchev–Trinajstić information content (AvgIpc) is 2.73. The Labute approximate surface area is 172 Å². The van der Waals surface area contributed by atoms with E-state index >= 15 is 0 Å². The third-order valence-corrected chi connectivity index (χ3v) is 4.67. The van der Waals surface area contributed by atoms with Crippen LogP contribution in [0.3, 0.4) is 0 Å².